The molecule has 12 heavy (non-hydrogen) atoms. The van der Waals surface area contributed by atoms with Gasteiger partial charge < -0.3 is 0 Å². The lowest BCUT2D eigenvalue weighted by Crippen LogP contribution is -2.55. The normalized spacial score (nSPS) is 33.6. The molecule has 1 aliphatic heterocycles. The van der Waals surface area contributed by atoms with Gasteiger partial charge in [-0.15, -0.1) is 0 Å². The summed E-state index contributed by atoms with van der Waals surface area (Å²) in [4.78, 5) is 14.7. The number of carbonyl (C=O) groups excluding carboxylic acids is 1. The van der Waals surface area contributed by atoms with Crippen LogP contribution in [0, 0.1) is 0 Å². The van der Waals surface area contributed by atoms with Crippen LogP contribution in [0.4, 0.5) is 0 Å². The Morgan fingerprint density at radius 2 is 1.83 bits per heavy atom. The Kier molecular flexibility index (Phi) is 3.23. The molecule has 3 heteroatoms. The van der Waals surface area contributed by atoms with Crippen molar-refractivity contribution in [1.82, 2.24) is 9.80 Å². The zero-order chi connectivity index (χ0) is 9.14. The smallest absolute Gasteiger partial charge is 0.213 e. The van der Waals surface area contributed by atoms with Crippen LogP contribution in [0.25, 0.3) is 0 Å². The Hall–Kier alpha value is -0.410. The highest BCUT2D eigenvalue weighted by Gasteiger charge is 2.25. The van der Waals surface area contributed by atoms with Crippen molar-refractivity contribution in [2.45, 2.75) is 25.9 Å². The molecule has 0 saturated carbocycles. The van der Waals surface area contributed by atoms with Crippen molar-refractivity contribution in [3.63, 3.8) is 0 Å². The molecule has 0 aromatic heterocycles. The lowest BCUT2D eigenvalue weighted by Gasteiger charge is -2.41. The second-order valence-corrected chi connectivity index (χ2v) is 3.70. The number of nitrogens with zero attached hydrogens (tertiary/aromatic N) is 2. The minimum absolute atomic E-state index is 0.461. The van der Waals surface area contributed by atoms with Crippen LogP contribution in [0.5, 0.6) is 0 Å². The molecule has 1 radical (unpaired) electrons. The van der Waals surface area contributed by atoms with E-state index in [1.54, 1.807) is 0 Å². The molecule has 1 aliphatic rings. The summed E-state index contributed by atoms with van der Waals surface area (Å²) in [5.74, 6) is 0. The molecule has 2 atom stereocenters. The molecule has 3 nitrogen and oxygen atoms in total. The summed E-state index contributed by atoms with van der Waals surface area (Å²) >= 11 is 0. The first-order valence-corrected chi connectivity index (χ1v) is 4.44. The molecule has 0 N–H and O–H groups in total. The molecule has 2 unspecified atom stereocenters. The van der Waals surface area contributed by atoms with E-state index in [1.165, 1.54) is 0 Å². The Morgan fingerprint density at radius 3 is 2.25 bits per heavy atom. The minimum Gasteiger partial charge on any atom is -0.298 e. The van der Waals surface area contributed by atoms with Gasteiger partial charge in [0, 0.05) is 25.2 Å². The zero-order valence-electron chi connectivity index (χ0n) is 8.08. The second kappa shape index (κ2) is 4.01. The van der Waals surface area contributed by atoms with E-state index in [-0.39, 0.29) is 0 Å². The molecule has 0 bridgehead atoms. The van der Waals surface area contributed by atoms with Crippen LogP contribution in [0.3, 0.4) is 0 Å². The first kappa shape index (κ1) is 9.68. The highest BCUT2D eigenvalue weighted by molar-refractivity contribution is 5.53. The van der Waals surface area contributed by atoms with Crippen molar-refractivity contribution < 1.29 is 4.79 Å². The fraction of sp³-hybridized carbons (Fsp3) is 0.889. The van der Waals surface area contributed by atoms with E-state index in [2.05, 4.69) is 30.7 Å². The molecule has 69 valence electrons. The number of hydrogen-bond donors (Lipinski definition) is 0. The summed E-state index contributed by atoms with van der Waals surface area (Å²) in [7, 11) is 2.14. The monoisotopic (exact) mass is 169 g/mol. The van der Waals surface area contributed by atoms with E-state index in [0.717, 1.165) is 13.1 Å². The summed E-state index contributed by atoms with van der Waals surface area (Å²) in [6.45, 7) is 6.80. The van der Waals surface area contributed by atoms with Gasteiger partial charge in [-0.1, -0.05) is 0 Å². The molecule has 1 heterocycles. The average molecular weight is 169 g/mol. The van der Waals surface area contributed by atoms with Gasteiger partial charge in [-0.25, -0.2) is 0 Å². The van der Waals surface area contributed by atoms with Crippen LogP contribution in [0.1, 0.15) is 13.8 Å². The maximum atomic E-state index is 10.2. The van der Waals surface area contributed by atoms with Crippen molar-refractivity contribution in [2.24, 2.45) is 0 Å². The summed E-state index contributed by atoms with van der Waals surface area (Å²) < 4.78 is 0. The van der Waals surface area contributed by atoms with E-state index in [1.807, 2.05) is 6.29 Å². The number of hydrogen-bond acceptors (Lipinski definition) is 3. The maximum Gasteiger partial charge on any atom is 0.213 e. The van der Waals surface area contributed by atoms with Gasteiger partial charge in [-0.3, -0.25) is 14.6 Å². The number of rotatable bonds is 2. The van der Waals surface area contributed by atoms with E-state index in [9.17, 15) is 4.79 Å². The molecule has 0 aromatic rings. The Morgan fingerprint density at radius 1 is 1.33 bits per heavy atom. The minimum atomic E-state index is 0.461. The van der Waals surface area contributed by atoms with Gasteiger partial charge in [0.2, 0.25) is 6.29 Å². The molecule has 0 spiro atoms. The molecule has 0 amide bonds. The van der Waals surface area contributed by atoms with Crippen LogP contribution in [0.2, 0.25) is 0 Å². The summed E-state index contributed by atoms with van der Waals surface area (Å²) in [6, 6.07) is 1.09. The van der Waals surface area contributed by atoms with Gasteiger partial charge in [0.25, 0.3) is 0 Å². The third-order valence-corrected chi connectivity index (χ3v) is 2.72. The van der Waals surface area contributed by atoms with E-state index in [4.69, 9.17) is 0 Å². The van der Waals surface area contributed by atoms with E-state index < -0.39 is 0 Å². The van der Waals surface area contributed by atoms with Crippen LogP contribution in [0.15, 0.2) is 0 Å². The second-order valence-electron chi connectivity index (χ2n) is 3.70. The van der Waals surface area contributed by atoms with E-state index >= 15 is 0 Å². The van der Waals surface area contributed by atoms with Gasteiger partial charge in [0.05, 0.1) is 6.54 Å². The predicted molar refractivity (Wildman–Crippen MR) is 48.8 cm³/mol. The SMILES string of the molecule is CC1CN(C[C]=O)CC(C)N1C. The summed E-state index contributed by atoms with van der Waals surface area (Å²) in [5.41, 5.74) is 0. The molecule has 1 saturated heterocycles. The van der Waals surface area contributed by atoms with Crippen molar-refractivity contribution in [1.29, 1.82) is 0 Å². The number of piperazine rings is 1. The van der Waals surface area contributed by atoms with Crippen molar-refractivity contribution in [2.75, 3.05) is 26.7 Å². The standard InChI is InChI=1S/C9H17N2O/c1-8-6-11(4-5-12)7-9(2)10(8)3/h8-9H,4,6-7H2,1-3H3. The third-order valence-electron chi connectivity index (χ3n) is 2.72. The average Bonchev–Trinajstić information content (AvgIpc) is 2.01. The fourth-order valence-corrected chi connectivity index (χ4v) is 1.73. The van der Waals surface area contributed by atoms with Crippen molar-refractivity contribution in [3.05, 3.63) is 0 Å². The quantitative estimate of drug-likeness (QED) is 0.586. The lowest BCUT2D eigenvalue weighted by atomic mass is 10.1. The molecule has 0 aliphatic carbocycles. The topological polar surface area (TPSA) is 23.6 Å². The Bertz CT molecular complexity index is 149. The fourth-order valence-electron chi connectivity index (χ4n) is 1.73. The summed E-state index contributed by atoms with van der Waals surface area (Å²) in [5, 5.41) is 0. The molecule has 1 rings (SSSR count). The van der Waals surface area contributed by atoms with Crippen molar-refractivity contribution in [3.8, 4) is 0 Å². The van der Waals surface area contributed by atoms with Gasteiger partial charge in [-0.2, -0.15) is 0 Å². The summed E-state index contributed by atoms with van der Waals surface area (Å²) in [6.07, 6.45) is 1.95. The predicted octanol–water partition coefficient (Wildman–Crippen LogP) is 0.120. The zero-order valence-corrected chi connectivity index (χ0v) is 8.08. The van der Waals surface area contributed by atoms with Crippen LogP contribution in [-0.2, 0) is 4.79 Å². The van der Waals surface area contributed by atoms with Crippen LogP contribution in [-0.4, -0.2) is 54.9 Å². The first-order chi connectivity index (χ1) is 5.65. The highest BCUT2D eigenvalue weighted by atomic mass is 16.1. The maximum absolute atomic E-state index is 10.2. The van der Waals surface area contributed by atoms with Gasteiger partial charge >= 0.3 is 0 Å². The van der Waals surface area contributed by atoms with Gasteiger partial charge in [-0.05, 0) is 20.9 Å². The third kappa shape index (κ3) is 2.05. The highest BCUT2D eigenvalue weighted by Crippen LogP contribution is 2.11. The lowest BCUT2D eigenvalue weighted by molar-refractivity contribution is 0.0693. The Labute approximate surface area is 74.3 Å². The Balaban J connectivity index is 2.47. The molecular formula is C9H17N2O. The largest absolute Gasteiger partial charge is 0.298 e. The van der Waals surface area contributed by atoms with E-state index in [0.29, 0.717) is 18.6 Å². The van der Waals surface area contributed by atoms with Crippen molar-refractivity contribution >= 4 is 6.29 Å². The van der Waals surface area contributed by atoms with Gasteiger partial charge in [0.1, 0.15) is 0 Å². The van der Waals surface area contributed by atoms with Crippen LogP contribution >= 0.6 is 0 Å². The molecule has 0 aromatic carbocycles. The molecule has 1 fully saturated rings. The van der Waals surface area contributed by atoms with Gasteiger partial charge in [0.15, 0.2) is 0 Å². The first-order valence-electron chi connectivity index (χ1n) is 4.44. The molecular weight excluding hydrogens is 152 g/mol. The van der Waals surface area contributed by atoms with Crippen LogP contribution < -0.4 is 0 Å². The number of likely N-dealkylation sites (N-methyl/N-ethyl adjacent to an activating group) is 1.